The van der Waals surface area contributed by atoms with Crippen LogP contribution in [0.5, 0.6) is 0 Å². The highest BCUT2D eigenvalue weighted by atomic mass is 16.2. The van der Waals surface area contributed by atoms with Crippen molar-refractivity contribution in [3.8, 4) is 0 Å². The Kier molecular flexibility index (Phi) is 3.51. The Bertz CT molecular complexity index is 623. The molecular weight excluding hydrogens is 238 g/mol. The van der Waals surface area contributed by atoms with Gasteiger partial charge < -0.3 is 10.6 Å². The number of benzene rings is 1. The number of amides is 1. The lowest BCUT2D eigenvalue weighted by Gasteiger charge is -2.20. The molecule has 0 saturated carbocycles. The first-order chi connectivity index (χ1) is 8.99. The van der Waals surface area contributed by atoms with Gasteiger partial charge in [-0.3, -0.25) is 4.79 Å². The first-order valence-corrected chi connectivity index (χ1v) is 6.06. The van der Waals surface area contributed by atoms with Gasteiger partial charge in [-0.1, -0.05) is 17.7 Å². The highest BCUT2D eigenvalue weighted by molar-refractivity contribution is 6.06. The number of nitrogens with two attached hydrogens (primary N) is 1. The third-order valence-electron chi connectivity index (χ3n) is 3.05. The summed E-state index contributed by atoms with van der Waals surface area (Å²) in [7, 11) is 1.76. The molecule has 0 radical (unpaired) electrons. The fourth-order valence-electron chi connectivity index (χ4n) is 2.07. The molecule has 1 aromatic heterocycles. The van der Waals surface area contributed by atoms with E-state index in [0.717, 1.165) is 11.3 Å². The molecule has 98 valence electrons. The molecular formula is C15H17N3O. The second-order valence-electron chi connectivity index (χ2n) is 4.62. The number of rotatable bonds is 2. The van der Waals surface area contributed by atoms with Crippen molar-refractivity contribution in [2.75, 3.05) is 17.7 Å². The fourth-order valence-corrected chi connectivity index (χ4v) is 2.07. The summed E-state index contributed by atoms with van der Waals surface area (Å²) < 4.78 is 0. The zero-order valence-corrected chi connectivity index (χ0v) is 11.3. The summed E-state index contributed by atoms with van der Waals surface area (Å²) >= 11 is 0. The van der Waals surface area contributed by atoms with E-state index in [1.165, 1.54) is 5.56 Å². The molecule has 0 aliphatic carbocycles. The van der Waals surface area contributed by atoms with E-state index in [-0.39, 0.29) is 5.91 Å². The second-order valence-corrected chi connectivity index (χ2v) is 4.62. The zero-order valence-electron chi connectivity index (χ0n) is 11.3. The van der Waals surface area contributed by atoms with Crippen LogP contribution in [-0.2, 0) is 0 Å². The van der Waals surface area contributed by atoms with Crippen molar-refractivity contribution in [3.05, 3.63) is 53.2 Å². The molecule has 1 aromatic carbocycles. The van der Waals surface area contributed by atoms with E-state index < -0.39 is 0 Å². The van der Waals surface area contributed by atoms with Crippen molar-refractivity contribution in [1.29, 1.82) is 0 Å². The van der Waals surface area contributed by atoms with Gasteiger partial charge in [0.2, 0.25) is 0 Å². The van der Waals surface area contributed by atoms with E-state index in [0.29, 0.717) is 11.4 Å². The monoisotopic (exact) mass is 255 g/mol. The van der Waals surface area contributed by atoms with Crippen LogP contribution < -0.4 is 10.6 Å². The Hall–Kier alpha value is -2.36. The van der Waals surface area contributed by atoms with Crippen LogP contribution in [0, 0.1) is 13.8 Å². The summed E-state index contributed by atoms with van der Waals surface area (Å²) in [5.41, 5.74) is 9.28. The minimum atomic E-state index is -0.0962. The number of aromatic nitrogens is 1. The van der Waals surface area contributed by atoms with Crippen molar-refractivity contribution >= 4 is 17.4 Å². The van der Waals surface area contributed by atoms with Crippen LogP contribution in [0.15, 0.2) is 36.5 Å². The zero-order chi connectivity index (χ0) is 14.0. The van der Waals surface area contributed by atoms with Crippen LogP contribution >= 0.6 is 0 Å². The number of carbonyl (C=O) groups is 1. The van der Waals surface area contributed by atoms with E-state index in [9.17, 15) is 4.79 Å². The first kappa shape index (κ1) is 13.1. The average molecular weight is 255 g/mol. The molecule has 2 rings (SSSR count). The maximum atomic E-state index is 12.4. The normalized spacial score (nSPS) is 10.3. The Morgan fingerprint density at radius 2 is 1.95 bits per heavy atom. The standard InChI is InChI=1S/C15H17N3O/c1-10-4-5-13(11(2)8-10)18(3)15(19)12-6-7-17-14(16)9-12/h4-9H,1-3H3,(H2,16,17). The molecule has 0 spiro atoms. The molecule has 1 heterocycles. The van der Waals surface area contributed by atoms with Gasteiger partial charge >= 0.3 is 0 Å². The molecule has 0 bridgehead atoms. The maximum Gasteiger partial charge on any atom is 0.258 e. The summed E-state index contributed by atoms with van der Waals surface area (Å²) in [6.07, 6.45) is 1.54. The van der Waals surface area contributed by atoms with Crippen LogP contribution in [0.3, 0.4) is 0 Å². The highest BCUT2D eigenvalue weighted by Gasteiger charge is 2.15. The van der Waals surface area contributed by atoms with Crippen LogP contribution in [0.4, 0.5) is 11.5 Å². The largest absolute Gasteiger partial charge is 0.384 e. The summed E-state index contributed by atoms with van der Waals surface area (Å²) in [4.78, 5) is 17.9. The van der Waals surface area contributed by atoms with Gasteiger partial charge in [0.1, 0.15) is 5.82 Å². The van der Waals surface area contributed by atoms with Crippen LogP contribution in [0.1, 0.15) is 21.5 Å². The number of carbonyl (C=O) groups excluding carboxylic acids is 1. The van der Waals surface area contributed by atoms with E-state index in [1.807, 2.05) is 26.0 Å². The van der Waals surface area contributed by atoms with Crippen molar-refractivity contribution < 1.29 is 4.79 Å². The first-order valence-electron chi connectivity index (χ1n) is 6.06. The number of nitrogens with zero attached hydrogens (tertiary/aromatic N) is 2. The number of hydrogen-bond donors (Lipinski definition) is 1. The van der Waals surface area contributed by atoms with Crippen LogP contribution in [0.2, 0.25) is 0 Å². The molecule has 0 fully saturated rings. The summed E-state index contributed by atoms with van der Waals surface area (Å²) in [5.74, 6) is 0.251. The van der Waals surface area contributed by atoms with Crippen molar-refractivity contribution in [2.45, 2.75) is 13.8 Å². The van der Waals surface area contributed by atoms with Gasteiger partial charge in [0.05, 0.1) is 0 Å². The minimum absolute atomic E-state index is 0.0962. The minimum Gasteiger partial charge on any atom is -0.384 e. The number of anilines is 2. The molecule has 0 atom stereocenters. The Labute approximate surface area is 112 Å². The predicted octanol–water partition coefficient (Wildman–Crippen LogP) is 2.56. The van der Waals surface area contributed by atoms with Gasteiger partial charge in [-0.2, -0.15) is 0 Å². The van der Waals surface area contributed by atoms with Gasteiger partial charge in [0.15, 0.2) is 0 Å². The van der Waals surface area contributed by atoms with E-state index >= 15 is 0 Å². The maximum absolute atomic E-state index is 12.4. The lowest BCUT2D eigenvalue weighted by Crippen LogP contribution is -2.27. The van der Waals surface area contributed by atoms with Gasteiger partial charge in [-0.25, -0.2) is 4.98 Å². The molecule has 1 amide bonds. The van der Waals surface area contributed by atoms with Gasteiger partial charge in [0, 0.05) is 24.5 Å². The fraction of sp³-hybridized carbons (Fsp3) is 0.200. The summed E-state index contributed by atoms with van der Waals surface area (Å²) in [6.45, 7) is 4.02. The lowest BCUT2D eigenvalue weighted by molar-refractivity contribution is 0.0993. The van der Waals surface area contributed by atoms with E-state index in [1.54, 1.807) is 30.3 Å². The average Bonchev–Trinajstić information content (AvgIpc) is 2.37. The van der Waals surface area contributed by atoms with Gasteiger partial charge in [-0.15, -0.1) is 0 Å². The summed E-state index contributed by atoms with van der Waals surface area (Å²) in [6, 6.07) is 9.25. The quantitative estimate of drug-likeness (QED) is 0.897. The lowest BCUT2D eigenvalue weighted by atomic mass is 10.1. The Morgan fingerprint density at radius 1 is 1.21 bits per heavy atom. The van der Waals surface area contributed by atoms with Crippen molar-refractivity contribution in [1.82, 2.24) is 4.98 Å². The topological polar surface area (TPSA) is 59.2 Å². The smallest absolute Gasteiger partial charge is 0.258 e. The summed E-state index contributed by atoms with van der Waals surface area (Å²) in [5, 5.41) is 0. The third-order valence-corrected chi connectivity index (χ3v) is 3.05. The Morgan fingerprint density at radius 3 is 2.58 bits per heavy atom. The molecule has 0 aliphatic heterocycles. The SMILES string of the molecule is Cc1ccc(N(C)C(=O)c2ccnc(N)c2)c(C)c1. The van der Waals surface area contributed by atoms with Crippen molar-refractivity contribution in [2.24, 2.45) is 0 Å². The predicted molar refractivity (Wildman–Crippen MR) is 77.3 cm³/mol. The van der Waals surface area contributed by atoms with Gasteiger partial charge in [-0.05, 0) is 37.6 Å². The highest BCUT2D eigenvalue weighted by Crippen LogP contribution is 2.21. The van der Waals surface area contributed by atoms with E-state index in [2.05, 4.69) is 11.1 Å². The molecule has 2 N–H and O–H groups in total. The van der Waals surface area contributed by atoms with Crippen LogP contribution in [0.25, 0.3) is 0 Å². The molecule has 4 heteroatoms. The molecule has 4 nitrogen and oxygen atoms in total. The van der Waals surface area contributed by atoms with Gasteiger partial charge in [0.25, 0.3) is 5.91 Å². The van der Waals surface area contributed by atoms with Crippen molar-refractivity contribution in [3.63, 3.8) is 0 Å². The Balaban J connectivity index is 2.33. The van der Waals surface area contributed by atoms with Crippen LogP contribution in [-0.4, -0.2) is 17.9 Å². The molecule has 0 saturated heterocycles. The molecule has 19 heavy (non-hydrogen) atoms. The number of hydrogen-bond acceptors (Lipinski definition) is 3. The number of nitrogen functional groups attached to an aromatic ring is 1. The number of aryl methyl sites for hydroxylation is 2. The number of pyridine rings is 1. The molecule has 0 unspecified atom stereocenters. The van der Waals surface area contributed by atoms with E-state index in [4.69, 9.17) is 5.73 Å². The molecule has 2 aromatic rings. The third kappa shape index (κ3) is 2.73. The second kappa shape index (κ2) is 5.10. The molecule has 0 aliphatic rings.